The molecule has 1 aromatic rings. The van der Waals surface area contributed by atoms with Gasteiger partial charge in [0.2, 0.25) is 5.91 Å². The molecule has 2 N–H and O–H groups in total. The van der Waals surface area contributed by atoms with E-state index in [0.29, 0.717) is 25.3 Å². The minimum absolute atomic E-state index is 0.0229. The number of nitrogens with one attached hydrogen (secondary N) is 1. The van der Waals surface area contributed by atoms with Crippen molar-refractivity contribution in [3.8, 4) is 0 Å². The van der Waals surface area contributed by atoms with Crippen molar-refractivity contribution in [2.75, 3.05) is 39.4 Å². The van der Waals surface area contributed by atoms with Gasteiger partial charge in [-0.3, -0.25) is 14.5 Å². The zero-order chi connectivity index (χ0) is 18.2. The third kappa shape index (κ3) is 6.57. The molecule has 1 amide bonds. The molecule has 1 fully saturated rings. The average molecular weight is 348 g/mol. The number of ketones is 1. The van der Waals surface area contributed by atoms with Crippen molar-refractivity contribution < 1.29 is 19.4 Å². The zero-order valence-corrected chi connectivity index (χ0v) is 15.1. The minimum Gasteiger partial charge on any atom is -0.390 e. The highest BCUT2D eigenvalue weighted by Crippen LogP contribution is 2.13. The van der Waals surface area contributed by atoms with E-state index in [1.165, 1.54) is 0 Å². The lowest BCUT2D eigenvalue weighted by atomic mass is 9.99. The van der Waals surface area contributed by atoms with Crippen LogP contribution in [0.1, 0.15) is 34.3 Å². The number of benzene rings is 1. The molecule has 1 heterocycles. The Morgan fingerprint density at radius 1 is 1.24 bits per heavy atom. The van der Waals surface area contributed by atoms with Gasteiger partial charge in [0.15, 0.2) is 5.78 Å². The number of carbonyl (C=O) groups excluding carboxylic acids is 2. The summed E-state index contributed by atoms with van der Waals surface area (Å²) in [5.41, 5.74) is 2.64. The van der Waals surface area contributed by atoms with Gasteiger partial charge in [-0.05, 0) is 25.5 Å². The number of nitrogens with zero attached hydrogens (tertiary/aromatic N) is 1. The van der Waals surface area contributed by atoms with Crippen LogP contribution >= 0.6 is 0 Å². The molecule has 0 spiro atoms. The number of ether oxygens (including phenoxy) is 1. The van der Waals surface area contributed by atoms with Gasteiger partial charge in [0.05, 0.1) is 19.3 Å². The van der Waals surface area contributed by atoms with Crippen LogP contribution in [0.4, 0.5) is 0 Å². The third-order valence-electron chi connectivity index (χ3n) is 4.38. The standard InChI is InChI=1S/C19H28N2O4/c1-14-3-4-15(2)17(11-14)18(23)5-6-19(24)20-12-16(22)13-21-7-9-25-10-8-21/h3-4,11,16,22H,5-10,12-13H2,1-2H3,(H,20,24). The van der Waals surface area contributed by atoms with Crippen LogP contribution < -0.4 is 5.32 Å². The Morgan fingerprint density at radius 3 is 2.68 bits per heavy atom. The summed E-state index contributed by atoms with van der Waals surface area (Å²) in [6.07, 6.45) is -0.302. The van der Waals surface area contributed by atoms with E-state index in [1.54, 1.807) is 0 Å². The van der Waals surface area contributed by atoms with E-state index < -0.39 is 6.10 Å². The first-order chi connectivity index (χ1) is 12.0. The number of Topliss-reactive ketones (excluding diaryl/α,β-unsaturated/α-hetero) is 1. The SMILES string of the molecule is Cc1ccc(C)c(C(=O)CCC(=O)NCC(O)CN2CCOCC2)c1. The number of hydrogen-bond donors (Lipinski definition) is 2. The van der Waals surface area contributed by atoms with Crippen LogP contribution in [0.5, 0.6) is 0 Å². The lowest BCUT2D eigenvalue weighted by Gasteiger charge is -2.28. The van der Waals surface area contributed by atoms with Gasteiger partial charge in [-0.15, -0.1) is 0 Å². The molecule has 25 heavy (non-hydrogen) atoms. The normalized spacial score (nSPS) is 16.4. The fourth-order valence-electron chi connectivity index (χ4n) is 2.86. The molecule has 1 saturated heterocycles. The van der Waals surface area contributed by atoms with Crippen LogP contribution in [0.15, 0.2) is 18.2 Å². The van der Waals surface area contributed by atoms with Crippen LogP contribution in [0.3, 0.4) is 0 Å². The molecule has 1 atom stereocenters. The second-order valence-electron chi connectivity index (χ2n) is 6.61. The average Bonchev–Trinajstić information content (AvgIpc) is 2.60. The summed E-state index contributed by atoms with van der Waals surface area (Å²) in [6, 6.07) is 5.75. The number of aryl methyl sites for hydroxylation is 2. The number of aliphatic hydroxyl groups is 1. The number of morpholine rings is 1. The molecule has 0 saturated carbocycles. The molecular formula is C19H28N2O4. The van der Waals surface area contributed by atoms with Crippen LogP contribution in [0.2, 0.25) is 0 Å². The summed E-state index contributed by atoms with van der Waals surface area (Å²) in [5.74, 6) is -0.232. The maximum Gasteiger partial charge on any atom is 0.220 e. The summed E-state index contributed by atoms with van der Waals surface area (Å²) in [4.78, 5) is 26.3. The van der Waals surface area contributed by atoms with E-state index >= 15 is 0 Å². The predicted octanol–water partition coefficient (Wildman–Crippen LogP) is 1.08. The highest BCUT2D eigenvalue weighted by molar-refractivity contribution is 5.99. The summed E-state index contributed by atoms with van der Waals surface area (Å²) >= 11 is 0. The van der Waals surface area contributed by atoms with Crippen molar-refractivity contribution in [3.63, 3.8) is 0 Å². The number of β-amino-alcohol motifs (C(OH)–C–C–N with tert-alkyl or cyclic N) is 1. The molecule has 2 rings (SSSR count). The van der Waals surface area contributed by atoms with E-state index in [0.717, 1.165) is 24.2 Å². The Labute approximate surface area is 149 Å². The van der Waals surface area contributed by atoms with Crippen LogP contribution in [-0.4, -0.2) is 67.2 Å². The molecule has 1 aromatic carbocycles. The molecule has 0 bridgehead atoms. The third-order valence-corrected chi connectivity index (χ3v) is 4.38. The second-order valence-corrected chi connectivity index (χ2v) is 6.61. The van der Waals surface area contributed by atoms with Gasteiger partial charge in [0.25, 0.3) is 0 Å². The van der Waals surface area contributed by atoms with Crippen molar-refractivity contribution in [2.45, 2.75) is 32.8 Å². The molecule has 6 nitrogen and oxygen atoms in total. The molecule has 1 aliphatic heterocycles. The van der Waals surface area contributed by atoms with Crippen LogP contribution in [0.25, 0.3) is 0 Å². The summed E-state index contributed by atoms with van der Waals surface area (Å²) in [5, 5.41) is 12.7. The van der Waals surface area contributed by atoms with E-state index in [2.05, 4.69) is 10.2 Å². The number of carbonyl (C=O) groups is 2. The van der Waals surface area contributed by atoms with Crippen LogP contribution in [0, 0.1) is 13.8 Å². The minimum atomic E-state index is -0.614. The first-order valence-electron chi connectivity index (χ1n) is 8.81. The van der Waals surface area contributed by atoms with Crippen molar-refractivity contribution in [2.24, 2.45) is 0 Å². The first kappa shape index (κ1) is 19.6. The van der Waals surface area contributed by atoms with E-state index in [4.69, 9.17) is 4.74 Å². The highest BCUT2D eigenvalue weighted by atomic mass is 16.5. The quantitative estimate of drug-likeness (QED) is 0.687. The molecule has 1 unspecified atom stereocenters. The van der Waals surface area contributed by atoms with Gasteiger partial charge in [-0.1, -0.05) is 17.7 Å². The largest absolute Gasteiger partial charge is 0.390 e. The van der Waals surface area contributed by atoms with Crippen molar-refractivity contribution in [1.82, 2.24) is 10.2 Å². The maximum atomic E-state index is 12.3. The first-order valence-corrected chi connectivity index (χ1v) is 8.81. The molecule has 138 valence electrons. The Kier molecular flexibility index (Phi) is 7.55. The molecule has 0 radical (unpaired) electrons. The van der Waals surface area contributed by atoms with Crippen molar-refractivity contribution in [1.29, 1.82) is 0 Å². The molecule has 6 heteroatoms. The molecule has 0 aromatic heterocycles. The van der Waals surface area contributed by atoms with E-state index in [9.17, 15) is 14.7 Å². The lowest BCUT2D eigenvalue weighted by Crippen LogP contribution is -2.44. The van der Waals surface area contributed by atoms with E-state index in [1.807, 2.05) is 32.0 Å². The Balaban J connectivity index is 1.69. The summed E-state index contributed by atoms with van der Waals surface area (Å²) in [6.45, 7) is 7.52. The van der Waals surface area contributed by atoms with Gasteiger partial charge in [-0.2, -0.15) is 0 Å². The summed E-state index contributed by atoms with van der Waals surface area (Å²) < 4.78 is 5.26. The lowest BCUT2D eigenvalue weighted by molar-refractivity contribution is -0.121. The van der Waals surface area contributed by atoms with Gasteiger partial charge in [0.1, 0.15) is 0 Å². The van der Waals surface area contributed by atoms with Gasteiger partial charge in [-0.25, -0.2) is 0 Å². The van der Waals surface area contributed by atoms with Gasteiger partial charge < -0.3 is 15.2 Å². The Morgan fingerprint density at radius 2 is 1.96 bits per heavy atom. The smallest absolute Gasteiger partial charge is 0.220 e. The zero-order valence-electron chi connectivity index (χ0n) is 15.1. The monoisotopic (exact) mass is 348 g/mol. The number of amides is 1. The highest BCUT2D eigenvalue weighted by Gasteiger charge is 2.16. The number of rotatable bonds is 8. The molecular weight excluding hydrogens is 320 g/mol. The fourth-order valence-corrected chi connectivity index (χ4v) is 2.86. The predicted molar refractivity (Wildman–Crippen MR) is 95.8 cm³/mol. The molecule has 0 aliphatic carbocycles. The maximum absolute atomic E-state index is 12.3. The van der Waals surface area contributed by atoms with Crippen LogP contribution in [-0.2, 0) is 9.53 Å². The van der Waals surface area contributed by atoms with Crippen molar-refractivity contribution >= 4 is 11.7 Å². The van der Waals surface area contributed by atoms with Crippen molar-refractivity contribution in [3.05, 3.63) is 34.9 Å². The molecule has 1 aliphatic rings. The topological polar surface area (TPSA) is 78.9 Å². The summed E-state index contributed by atoms with van der Waals surface area (Å²) in [7, 11) is 0. The van der Waals surface area contributed by atoms with Gasteiger partial charge in [0, 0.05) is 44.6 Å². The second kappa shape index (κ2) is 9.65. The van der Waals surface area contributed by atoms with Gasteiger partial charge >= 0.3 is 0 Å². The Hall–Kier alpha value is -1.76. The Bertz CT molecular complexity index is 597. The van der Waals surface area contributed by atoms with E-state index in [-0.39, 0.29) is 31.1 Å². The number of aliphatic hydroxyl groups excluding tert-OH is 1. The fraction of sp³-hybridized carbons (Fsp3) is 0.579. The number of hydrogen-bond acceptors (Lipinski definition) is 5.